The molecule has 0 saturated heterocycles. The number of carbonyl (C=O) groups is 2. The smallest absolute Gasteiger partial charge is 0.412 e. The largest absolute Gasteiger partial charge is 0.453 e. The second kappa shape index (κ2) is 4.81. The summed E-state index contributed by atoms with van der Waals surface area (Å²) in [6.45, 7) is 0.0896. The first kappa shape index (κ1) is 11.4. The summed E-state index contributed by atoms with van der Waals surface area (Å²) in [5, 5.41) is 12.6. The fourth-order valence-corrected chi connectivity index (χ4v) is 1.24. The van der Waals surface area contributed by atoms with Crippen LogP contribution < -0.4 is 10.6 Å². The van der Waals surface area contributed by atoms with Gasteiger partial charge in [0, 0.05) is 6.04 Å². The number of carbonyl (C=O) groups excluding carboxylic acids is 2. The van der Waals surface area contributed by atoms with E-state index in [1.54, 1.807) is 0 Å². The van der Waals surface area contributed by atoms with Crippen LogP contribution in [0.5, 0.6) is 0 Å². The number of nitrogens with zero attached hydrogens (tertiary/aromatic N) is 3. The number of nitrogens with one attached hydrogen (secondary N) is 2. The summed E-state index contributed by atoms with van der Waals surface area (Å²) in [6.07, 6.45) is 2.92. The molecule has 1 saturated carbocycles. The number of hydrogen-bond donors (Lipinski definition) is 2. The molecule has 92 valence electrons. The van der Waals surface area contributed by atoms with E-state index < -0.39 is 6.09 Å². The Hall–Kier alpha value is -2.12. The Labute approximate surface area is 97.3 Å². The van der Waals surface area contributed by atoms with Crippen LogP contribution in [0.4, 0.5) is 10.6 Å². The quantitative estimate of drug-likeness (QED) is 0.754. The van der Waals surface area contributed by atoms with E-state index in [9.17, 15) is 9.59 Å². The molecule has 2 rings (SSSR count). The van der Waals surface area contributed by atoms with Crippen molar-refractivity contribution in [1.82, 2.24) is 20.3 Å². The van der Waals surface area contributed by atoms with Gasteiger partial charge in [0.2, 0.25) is 5.91 Å². The van der Waals surface area contributed by atoms with E-state index in [1.807, 2.05) is 0 Å². The van der Waals surface area contributed by atoms with Crippen molar-refractivity contribution in [1.29, 1.82) is 0 Å². The first-order chi connectivity index (χ1) is 8.17. The lowest BCUT2D eigenvalue weighted by molar-refractivity contribution is -0.122. The van der Waals surface area contributed by atoms with Gasteiger partial charge in [-0.25, -0.2) is 9.48 Å². The second-order valence-electron chi connectivity index (χ2n) is 3.76. The van der Waals surface area contributed by atoms with Crippen molar-refractivity contribution in [2.75, 3.05) is 12.4 Å². The maximum absolute atomic E-state index is 11.4. The van der Waals surface area contributed by atoms with Gasteiger partial charge in [0.05, 0.1) is 13.3 Å². The van der Waals surface area contributed by atoms with Crippen LogP contribution in [0.3, 0.4) is 0 Å². The Morgan fingerprint density at radius 3 is 3.00 bits per heavy atom. The SMILES string of the molecule is COC(=O)Nc1cn(CC(=O)NC2CC2)nn1. The fraction of sp³-hybridized carbons (Fsp3) is 0.556. The van der Waals surface area contributed by atoms with Gasteiger partial charge >= 0.3 is 6.09 Å². The summed E-state index contributed by atoms with van der Waals surface area (Å²) < 4.78 is 5.75. The minimum absolute atomic E-state index is 0.0896. The van der Waals surface area contributed by atoms with Gasteiger partial charge in [0.25, 0.3) is 0 Å². The predicted molar refractivity (Wildman–Crippen MR) is 57.2 cm³/mol. The third-order valence-corrected chi connectivity index (χ3v) is 2.20. The fourth-order valence-electron chi connectivity index (χ4n) is 1.24. The third kappa shape index (κ3) is 3.44. The van der Waals surface area contributed by atoms with E-state index in [4.69, 9.17) is 0 Å². The van der Waals surface area contributed by atoms with Crippen LogP contribution in [0.15, 0.2) is 6.20 Å². The van der Waals surface area contributed by atoms with Gasteiger partial charge in [-0.1, -0.05) is 5.21 Å². The number of aromatic nitrogens is 3. The number of hydrogen-bond acceptors (Lipinski definition) is 5. The molecule has 0 aliphatic heterocycles. The van der Waals surface area contributed by atoms with Gasteiger partial charge in [-0.3, -0.25) is 10.1 Å². The molecule has 1 heterocycles. The van der Waals surface area contributed by atoms with Crippen LogP contribution in [0.2, 0.25) is 0 Å². The van der Waals surface area contributed by atoms with Crippen molar-refractivity contribution in [3.8, 4) is 0 Å². The minimum atomic E-state index is -0.625. The summed E-state index contributed by atoms with van der Waals surface area (Å²) in [5.74, 6) is 0.137. The molecule has 0 aromatic carbocycles. The molecule has 0 radical (unpaired) electrons. The molecule has 2 N–H and O–H groups in total. The number of methoxy groups -OCH3 is 1. The molecule has 2 amide bonds. The van der Waals surface area contributed by atoms with Crippen molar-refractivity contribution in [2.24, 2.45) is 0 Å². The van der Waals surface area contributed by atoms with Gasteiger partial charge < -0.3 is 10.1 Å². The lowest BCUT2D eigenvalue weighted by Gasteiger charge is -2.01. The van der Waals surface area contributed by atoms with Crippen molar-refractivity contribution in [3.05, 3.63) is 6.20 Å². The molecule has 1 fully saturated rings. The summed E-state index contributed by atoms with van der Waals surface area (Å²) in [6, 6.07) is 0.318. The third-order valence-electron chi connectivity index (χ3n) is 2.20. The molecule has 1 aliphatic carbocycles. The molecule has 0 bridgehead atoms. The Kier molecular flexibility index (Phi) is 3.22. The molecule has 8 nitrogen and oxygen atoms in total. The van der Waals surface area contributed by atoms with Crippen molar-refractivity contribution < 1.29 is 14.3 Å². The Morgan fingerprint density at radius 1 is 1.59 bits per heavy atom. The van der Waals surface area contributed by atoms with Crippen molar-refractivity contribution >= 4 is 17.8 Å². The van der Waals surface area contributed by atoms with Gasteiger partial charge in [-0.15, -0.1) is 5.10 Å². The zero-order valence-corrected chi connectivity index (χ0v) is 9.34. The number of amides is 2. The molecular formula is C9H13N5O3. The normalized spacial score (nSPS) is 14.2. The zero-order chi connectivity index (χ0) is 12.3. The highest BCUT2D eigenvalue weighted by Crippen LogP contribution is 2.18. The van der Waals surface area contributed by atoms with Crippen LogP contribution in [0, 0.1) is 0 Å². The highest BCUT2D eigenvalue weighted by atomic mass is 16.5. The number of rotatable bonds is 4. The summed E-state index contributed by atoms with van der Waals surface area (Å²) in [7, 11) is 1.25. The number of anilines is 1. The van der Waals surface area contributed by atoms with E-state index in [-0.39, 0.29) is 18.3 Å². The molecule has 1 aromatic heterocycles. The van der Waals surface area contributed by atoms with Crippen LogP contribution in [0.1, 0.15) is 12.8 Å². The molecular weight excluding hydrogens is 226 g/mol. The summed E-state index contributed by atoms with van der Waals surface area (Å²) in [4.78, 5) is 22.3. The lowest BCUT2D eigenvalue weighted by atomic mass is 10.5. The van der Waals surface area contributed by atoms with Crippen LogP contribution in [0.25, 0.3) is 0 Å². The van der Waals surface area contributed by atoms with E-state index in [1.165, 1.54) is 18.0 Å². The Balaban J connectivity index is 1.84. The molecule has 8 heteroatoms. The summed E-state index contributed by atoms with van der Waals surface area (Å²) in [5.41, 5.74) is 0. The first-order valence-corrected chi connectivity index (χ1v) is 5.22. The standard InChI is InChI=1S/C9H13N5O3/c1-17-9(16)11-7-4-14(13-12-7)5-8(15)10-6-2-3-6/h4,6H,2-3,5H2,1H3,(H,10,15)(H,11,16). The average molecular weight is 239 g/mol. The monoisotopic (exact) mass is 239 g/mol. The Bertz CT molecular complexity index is 426. The minimum Gasteiger partial charge on any atom is -0.453 e. The lowest BCUT2D eigenvalue weighted by Crippen LogP contribution is -2.29. The maximum atomic E-state index is 11.4. The molecule has 0 unspecified atom stereocenters. The van der Waals surface area contributed by atoms with E-state index in [0.29, 0.717) is 6.04 Å². The predicted octanol–water partition coefficient (Wildman–Crippen LogP) is -0.265. The topological polar surface area (TPSA) is 98.1 Å². The van der Waals surface area contributed by atoms with Crippen molar-refractivity contribution in [3.63, 3.8) is 0 Å². The highest BCUT2D eigenvalue weighted by Gasteiger charge is 2.23. The highest BCUT2D eigenvalue weighted by molar-refractivity contribution is 5.82. The van der Waals surface area contributed by atoms with Crippen molar-refractivity contribution in [2.45, 2.75) is 25.4 Å². The van der Waals surface area contributed by atoms with Crippen LogP contribution in [-0.2, 0) is 16.1 Å². The van der Waals surface area contributed by atoms with Gasteiger partial charge in [-0.2, -0.15) is 0 Å². The molecule has 0 atom stereocenters. The van der Waals surface area contributed by atoms with E-state index >= 15 is 0 Å². The Morgan fingerprint density at radius 2 is 2.35 bits per heavy atom. The van der Waals surface area contributed by atoms with E-state index in [0.717, 1.165) is 12.8 Å². The van der Waals surface area contributed by atoms with Gasteiger partial charge in [-0.05, 0) is 12.8 Å². The molecule has 17 heavy (non-hydrogen) atoms. The molecule has 1 aliphatic rings. The maximum Gasteiger partial charge on any atom is 0.412 e. The van der Waals surface area contributed by atoms with Crippen LogP contribution >= 0.6 is 0 Å². The zero-order valence-electron chi connectivity index (χ0n) is 9.34. The van der Waals surface area contributed by atoms with E-state index in [2.05, 4.69) is 25.7 Å². The van der Waals surface area contributed by atoms with Crippen LogP contribution in [-0.4, -0.2) is 40.1 Å². The van der Waals surface area contributed by atoms with Gasteiger partial charge in [0.15, 0.2) is 5.82 Å². The molecule has 1 aromatic rings. The second-order valence-corrected chi connectivity index (χ2v) is 3.76. The van der Waals surface area contributed by atoms with Gasteiger partial charge in [0.1, 0.15) is 6.54 Å². The number of ether oxygens (including phenoxy) is 1. The average Bonchev–Trinajstić information content (AvgIpc) is 2.99. The first-order valence-electron chi connectivity index (χ1n) is 5.22. The molecule has 0 spiro atoms. The summed E-state index contributed by atoms with van der Waals surface area (Å²) >= 11 is 0.